The normalized spacial score (nSPS) is 12.2. The first-order valence-electron chi connectivity index (χ1n) is 10.4. The van der Waals surface area contributed by atoms with Gasteiger partial charge in [0.25, 0.3) is 5.56 Å². The third-order valence-electron chi connectivity index (χ3n) is 5.63. The van der Waals surface area contributed by atoms with Crippen LogP contribution in [0.15, 0.2) is 70.5 Å². The number of H-pyrrole nitrogens is 2. The first kappa shape index (κ1) is 22.1. The summed E-state index contributed by atoms with van der Waals surface area (Å²) in [5.74, 6) is -3.37. The van der Waals surface area contributed by atoms with Gasteiger partial charge in [0.05, 0.1) is 29.3 Å². The number of carbonyl (C=O) groups is 1. The molecular formula is C24H16F3N5O3. The number of halogens is 3. The largest absolute Gasteiger partial charge is 0.361 e. The molecule has 0 aliphatic carbocycles. The summed E-state index contributed by atoms with van der Waals surface area (Å²) in [6.45, 7) is -0.432. The van der Waals surface area contributed by atoms with Crippen LogP contribution < -0.4 is 16.6 Å². The van der Waals surface area contributed by atoms with Crippen molar-refractivity contribution < 1.29 is 18.0 Å². The fourth-order valence-electron chi connectivity index (χ4n) is 3.99. The van der Waals surface area contributed by atoms with Gasteiger partial charge in [-0.25, -0.2) is 22.5 Å². The standard InChI is InChI=1S/C24H16F3N5O3/c25-12-5-6-19-15(7-12)23(34)32(24(35)31-19)21(16-10-29-18-4-2-1-3-14(16)18)22(33)30-11-20-17(27)8-13(26)9-28-20/h1-10,21,29H,11H2,(H,30,33)(H,31,35). The van der Waals surface area contributed by atoms with Crippen LogP contribution in [0.2, 0.25) is 0 Å². The van der Waals surface area contributed by atoms with Gasteiger partial charge in [0.1, 0.15) is 23.5 Å². The zero-order chi connectivity index (χ0) is 24.7. The molecule has 176 valence electrons. The first-order valence-corrected chi connectivity index (χ1v) is 10.4. The Labute approximate surface area is 194 Å². The van der Waals surface area contributed by atoms with Crippen molar-refractivity contribution in [2.75, 3.05) is 0 Å². The molecule has 8 nitrogen and oxygen atoms in total. The maximum atomic E-state index is 14.0. The fraction of sp³-hybridized carbons (Fsp3) is 0.0833. The van der Waals surface area contributed by atoms with Crippen LogP contribution in [-0.4, -0.2) is 25.4 Å². The lowest BCUT2D eigenvalue weighted by Crippen LogP contribution is -2.45. The van der Waals surface area contributed by atoms with Crippen molar-refractivity contribution in [3.05, 3.63) is 110 Å². The minimum Gasteiger partial charge on any atom is -0.361 e. The zero-order valence-corrected chi connectivity index (χ0v) is 17.8. The lowest BCUT2D eigenvalue weighted by molar-refractivity contribution is -0.123. The molecule has 0 fully saturated rings. The molecule has 0 radical (unpaired) electrons. The molecule has 0 aliphatic heterocycles. The van der Waals surface area contributed by atoms with E-state index < -0.39 is 47.2 Å². The van der Waals surface area contributed by atoms with Crippen LogP contribution in [-0.2, 0) is 11.3 Å². The van der Waals surface area contributed by atoms with E-state index in [-0.39, 0.29) is 22.2 Å². The van der Waals surface area contributed by atoms with Crippen LogP contribution in [0, 0.1) is 17.5 Å². The Hall–Kier alpha value is -4.67. The zero-order valence-electron chi connectivity index (χ0n) is 17.8. The summed E-state index contributed by atoms with van der Waals surface area (Å²) in [4.78, 5) is 48.8. The second kappa shape index (κ2) is 8.60. The second-order valence-corrected chi connectivity index (χ2v) is 7.79. The summed E-state index contributed by atoms with van der Waals surface area (Å²) < 4.78 is 41.8. The highest BCUT2D eigenvalue weighted by Gasteiger charge is 2.29. The minimum absolute atomic E-state index is 0.105. The van der Waals surface area contributed by atoms with Crippen molar-refractivity contribution in [1.29, 1.82) is 0 Å². The molecule has 3 N–H and O–H groups in total. The molecule has 0 saturated carbocycles. The average Bonchev–Trinajstić information content (AvgIpc) is 3.25. The van der Waals surface area contributed by atoms with Crippen molar-refractivity contribution in [2.45, 2.75) is 12.6 Å². The third kappa shape index (κ3) is 3.97. The Morgan fingerprint density at radius 2 is 1.80 bits per heavy atom. The molecule has 0 spiro atoms. The number of hydrogen-bond acceptors (Lipinski definition) is 4. The molecule has 0 bridgehead atoms. The average molecular weight is 479 g/mol. The highest BCUT2D eigenvalue weighted by molar-refractivity contribution is 5.92. The van der Waals surface area contributed by atoms with E-state index in [1.165, 1.54) is 12.3 Å². The van der Waals surface area contributed by atoms with Crippen LogP contribution in [0.5, 0.6) is 0 Å². The Bertz CT molecular complexity index is 1720. The quantitative estimate of drug-likeness (QED) is 0.360. The van der Waals surface area contributed by atoms with Crippen LogP contribution in [0.25, 0.3) is 21.8 Å². The van der Waals surface area contributed by atoms with Gasteiger partial charge in [0.15, 0.2) is 0 Å². The molecule has 5 rings (SSSR count). The Morgan fingerprint density at radius 1 is 1.00 bits per heavy atom. The van der Waals surface area contributed by atoms with Crippen molar-refractivity contribution in [3.63, 3.8) is 0 Å². The highest BCUT2D eigenvalue weighted by Crippen LogP contribution is 2.26. The van der Waals surface area contributed by atoms with Gasteiger partial charge in [-0.1, -0.05) is 18.2 Å². The van der Waals surface area contributed by atoms with E-state index in [0.717, 1.165) is 18.3 Å². The maximum absolute atomic E-state index is 14.0. The number of aromatic amines is 2. The van der Waals surface area contributed by atoms with Gasteiger partial charge in [-0.05, 0) is 24.3 Å². The Balaban J connectivity index is 1.66. The van der Waals surface area contributed by atoms with Crippen molar-refractivity contribution in [1.82, 2.24) is 24.8 Å². The van der Waals surface area contributed by atoms with E-state index in [1.807, 2.05) is 0 Å². The number of benzene rings is 2. The van der Waals surface area contributed by atoms with E-state index in [1.54, 1.807) is 24.3 Å². The fourth-order valence-corrected chi connectivity index (χ4v) is 3.99. The summed E-state index contributed by atoms with van der Waals surface area (Å²) in [6, 6.07) is 9.35. The molecular weight excluding hydrogens is 463 g/mol. The lowest BCUT2D eigenvalue weighted by atomic mass is 10.0. The molecule has 1 atom stereocenters. The number of rotatable bonds is 5. The summed E-state index contributed by atoms with van der Waals surface area (Å²) >= 11 is 0. The lowest BCUT2D eigenvalue weighted by Gasteiger charge is -2.19. The van der Waals surface area contributed by atoms with Gasteiger partial charge >= 0.3 is 5.69 Å². The van der Waals surface area contributed by atoms with E-state index in [4.69, 9.17) is 0 Å². The third-order valence-corrected chi connectivity index (χ3v) is 5.63. The Kier molecular flexibility index (Phi) is 5.44. The topological polar surface area (TPSA) is 113 Å². The van der Waals surface area contributed by atoms with Gasteiger partial charge in [0, 0.05) is 28.7 Å². The second-order valence-electron chi connectivity index (χ2n) is 7.79. The van der Waals surface area contributed by atoms with E-state index >= 15 is 0 Å². The molecule has 1 amide bonds. The van der Waals surface area contributed by atoms with Crippen LogP contribution >= 0.6 is 0 Å². The smallest absolute Gasteiger partial charge is 0.329 e. The SMILES string of the molecule is O=C(NCc1ncc(F)cc1F)C(c1c[nH]c2ccccc12)n1c(=O)[nH]c2ccc(F)cc2c1=O. The number of fused-ring (bicyclic) bond motifs is 2. The molecule has 2 aromatic carbocycles. The van der Waals surface area contributed by atoms with E-state index in [2.05, 4.69) is 20.3 Å². The molecule has 0 aliphatic rings. The summed E-state index contributed by atoms with van der Waals surface area (Å²) in [5.41, 5.74) is -0.991. The summed E-state index contributed by atoms with van der Waals surface area (Å²) in [7, 11) is 0. The van der Waals surface area contributed by atoms with Crippen molar-refractivity contribution in [2.24, 2.45) is 0 Å². The van der Waals surface area contributed by atoms with Gasteiger partial charge in [-0.3, -0.25) is 14.6 Å². The van der Waals surface area contributed by atoms with Gasteiger partial charge < -0.3 is 15.3 Å². The van der Waals surface area contributed by atoms with Crippen molar-refractivity contribution in [3.8, 4) is 0 Å². The van der Waals surface area contributed by atoms with Gasteiger partial charge in [0.2, 0.25) is 5.91 Å². The number of nitrogens with zero attached hydrogens (tertiary/aromatic N) is 2. The van der Waals surface area contributed by atoms with Crippen LogP contribution in [0.3, 0.4) is 0 Å². The highest BCUT2D eigenvalue weighted by atomic mass is 19.1. The summed E-state index contributed by atoms with van der Waals surface area (Å²) in [6.07, 6.45) is 2.28. The monoisotopic (exact) mass is 479 g/mol. The molecule has 3 heterocycles. The molecule has 0 saturated heterocycles. The number of nitrogens with one attached hydrogen (secondary N) is 3. The molecule has 1 unspecified atom stereocenters. The molecule has 3 aromatic heterocycles. The number of amides is 1. The van der Waals surface area contributed by atoms with Gasteiger partial charge in [-0.2, -0.15) is 0 Å². The first-order chi connectivity index (χ1) is 16.8. The minimum atomic E-state index is -1.50. The summed E-state index contributed by atoms with van der Waals surface area (Å²) in [5, 5.41) is 2.89. The van der Waals surface area contributed by atoms with Crippen LogP contribution in [0.4, 0.5) is 13.2 Å². The number of carbonyl (C=O) groups excluding carboxylic acids is 1. The predicted octanol–water partition coefficient (Wildman–Crippen LogP) is 2.89. The predicted molar refractivity (Wildman–Crippen MR) is 121 cm³/mol. The van der Waals surface area contributed by atoms with Crippen LogP contribution in [0.1, 0.15) is 17.3 Å². The Morgan fingerprint density at radius 3 is 2.60 bits per heavy atom. The number of para-hydroxylation sites is 1. The number of hydrogen-bond donors (Lipinski definition) is 3. The van der Waals surface area contributed by atoms with E-state index in [0.29, 0.717) is 21.5 Å². The molecule has 35 heavy (non-hydrogen) atoms. The molecule has 11 heteroatoms. The van der Waals surface area contributed by atoms with Crippen molar-refractivity contribution >= 4 is 27.7 Å². The number of aromatic nitrogens is 4. The molecule has 5 aromatic rings. The van der Waals surface area contributed by atoms with E-state index in [9.17, 15) is 27.6 Å². The van der Waals surface area contributed by atoms with Gasteiger partial charge in [-0.15, -0.1) is 0 Å². The number of pyridine rings is 1. The maximum Gasteiger partial charge on any atom is 0.329 e.